The maximum absolute atomic E-state index is 13.4. The summed E-state index contributed by atoms with van der Waals surface area (Å²) in [5, 5.41) is 20.7. The molecular weight excluding hydrogens is 484 g/mol. The summed E-state index contributed by atoms with van der Waals surface area (Å²) in [4.78, 5) is 26.5. The van der Waals surface area contributed by atoms with E-state index < -0.39 is 17.2 Å². The standard InChI is InChI=1S/C30H34N2O6/c1-5-6-7-8-17-38-23-12-10-22(11-13-23)28(33)27-20(2)24(19-31)29(34)32(30(27)35)16-15-21-9-14-25(36-3)26(18-21)37-4/h9-14,18,35H,5-8,15-17H2,1-4H3. The summed E-state index contributed by atoms with van der Waals surface area (Å²) in [6.07, 6.45) is 4.73. The number of ether oxygens (including phenoxy) is 3. The summed E-state index contributed by atoms with van der Waals surface area (Å²) in [5.74, 6) is 0.808. The summed E-state index contributed by atoms with van der Waals surface area (Å²) < 4.78 is 17.4. The largest absolute Gasteiger partial charge is 0.494 e. The van der Waals surface area contributed by atoms with Gasteiger partial charge in [-0.05, 0) is 67.3 Å². The van der Waals surface area contributed by atoms with Gasteiger partial charge in [0.2, 0.25) is 5.88 Å². The molecule has 1 aromatic heterocycles. The summed E-state index contributed by atoms with van der Waals surface area (Å²) in [7, 11) is 3.07. The number of aryl methyl sites for hydroxylation is 1. The lowest BCUT2D eigenvalue weighted by Gasteiger charge is -2.16. The van der Waals surface area contributed by atoms with E-state index in [1.807, 2.05) is 12.1 Å². The molecule has 0 saturated carbocycles. The van der Waals surface area contributed by atoms with Crippen LogP contribution in [0.15, 0.2) is 47.3 Å². The smallest absolute Gasteiger partial charge is 0.271 e. The highest BCUT2D eigenvalue weighted by Gasteiger charge is 2.25. The average Bonchev–Trinajstić information content (AvgIpc) is 2.93. The van der Waals surface area contributed by atoms with Crippen LogP contribution in [0.5, 0.6) is 23.1 Å². The molecule has 0 fully saturated rings. The first-order chi connectivity index (χ1) is 18.4. The molecule has 0 aliphatic carbocycles. The van der Waals surface area contributed by atoms with E-state index in [1.54, 1.807) is 43.5 Å². The number of nitrogens with zero attached hydrogens (tertiary/aromatic N) is 2. The zero-order valence-corrected chi connectivity index (χ0v) is 22.4. The lowest BCUT2D eigenvalue weighted by atomic mass is 9.97. The van der Waals surface area contributed by atoms with Crippen LogP contribution in [0.1, 0.15) is 65.2 Å². The quantitative estimate of drug-likeness (QED) is 0.245. The number of aromatic hydroxyl groups is 1. The maximum Gasteiger partial charge on any atom is 0.271 e. The number of nitriles is 1. The van der Waals surface area contributed by atoms with Gasteiger partial charge in [0.05, 0.1) is 26.4 Å². The number of rotatable bonds is 13. The molecule has 3 aromatic rings. The number of methoxy groups -OCH3 is 2. The zero-order valence-electron chi connectivity index (χ0n) is 22.4. The second kappa shape index (κ2) is 13.3. The molecule has 3 rings (SSSR count). The Labute approximate surface area is 223 Å². The molecule has 200 valence electrons. The van der Waals surface area contributed by atoms with Crippen LogP contribution < -0.4 is 19.8 Å². The number of unbranched alkanes of at least 4 members (excludes halogenated alkanes) is 3. The minimum atomic E-state index is -0.647. The van der Waals surface area contributed by atoms with Crippen molar-refractivity contribution >= 4 is 5.78 Å². The molecular formula is C30H34N2O6. The fourth-order valence-electron chi connectivity index (χ4n) is 4.27. The molecule has 0 unspecified atom stereocenters. The molecule has 0 aliphatic heterocycles. The van der Waals surface area contributed by atoms with Crippen molar-refractivity contribution in [1.29, 1.82) is 5.26 Å². The number of hydrogen-bond donors (Lipinski definition) is 1. The molecule has 0 aliphatic rings. The number of carbonyl (C=O) groups excluding carboxylic acids is 1. The first kappa shape index (κ1) is 28.3. The molecule has 8 nitrogen and oxygen atoms in total. The molecule has 1 N–H and O–H groups in total. The van der Waals surface area contributed by atoms with E-state index in [1.165, 1.54) is 20.5 Å². The van der Waals surface area contributed by atoms with Gasteiger partial charge in [-0.3, -0.25) is 14.2 Å². The molecule has 0 amide bonds. The first-order valence-corrected chi connectivity index (χ1v) is 12.7. The van der Waals surface area contributed by atoms with E-state index in [0.29, 0.717) is 35.8 Å². The van der Waals surface area contributed by atoms with E-state index in [0.717, 1.165) is 29.4 Å². The highest BCUT2D eigenvalue weighted by atomic mass is 16.5. The third kappa shape index (κ3) is 6.35. The van der Waals surface area contributed by atoms with Crippen LogP contribution in [0.2, 0.25) is 0 Å². The van der Waals surface area contributed by atoms with Gasteiger partial charge in [0.15, 0.2) is 17.3 Å². The topological polar surface area (TPSA) is 111 Å². The molecule has 0 atom stereocenters. The summed E-state index contributed by atoms with van der Waals surface area (Å²) in [6, 6.07) is 13.9. The van der Waals surface area contributed by atoms with Crippen molar-refractivity contribution in [2.75, 3.05) is 20.8 Å². The SMILES string of the molecule is CCCCCCOc1ccc(C(=O)c2c(C)c(C#N)c(=O)n(CCc3ccc(OC)c(OC)c3)c2O)cc1. The van der Waals surface area contributed by atoms with Crippen LogP contribution in [0.3, 0.4) is 0 Å². The van der Waals surface area contributed by atoms with Gasteiger partial charge in [-0.15, -0.1) is 0 Å². The molecule has 8 heteroatoms. The zero-order chi connectivity index (χ0) is 27.7. The summed E-state index contributed by atoms with van der Waals surface area (Å²) in [6.45, 7) is 4.31. The van der Waals surface area contributed by atoms with Gasteiger partial charge in [0, 0.05) is 12.1 Å². The summed E-state index contributed by atoms with van der Waals surface area (Å²) >= 11 is 0. The molecule has 38 heavy (non-hydrogen) atoms. The number of carbonyl (C=O) groups is 1. The normalized spacial score (nSPS) is 10.6. The minimum Gasteiger partial charge on any atom is -0.494 e. The Bertz CT molecular complexity index is 1370. The van der Waals surface area contributed by atoms with Crippen LogP contribution in [-0.2, 0) is 13.0 Å². The number of ketones is 1. The predicted octanol–water partition coefficient (Wildman–Crippen LogP) is 5.18. The highest BCUT2D eigenvalue weighted by molar-refractivity contribution is 6.11. The fourth-order valence-corrected chi connectivity index (χ4v) is 4.27. The Morgan fingerprint density at radius 2 is 1.74 bits per heavy atom. The number of hydrogen-bond acceptors (Lipinski definition) is 7. The second-order valence-electron chi connectivity index (χ2n) is 8.97. The molecule has 0 spiro atoms. The molecule has 0 bridgehead atoms. The number of aromatic nitrogens is 1. The van der Waals surface area contributed by atoms with Crippen molar-refractivity contribution in [2.45, 2.75) is 52.5 Å². The van der Waals surface area contributed by atoms with E-state index >= 15 is 0 Å². The van der Waals surface area contributed by atoms with Crippen LogP contribution in [0.4, 0.5) is 0 Å². The van der Waals surface area contributed by atoms with Crippen molar-refractivity contribution in [1.82, 2.24) is 4.57 Å². The third-order valence-corrected chi connectivity index (χ3v) is 6.48. The summed E-state index contributed by atoms with van der Waals surface area (Å²) in [5.41, 5.74) is 0.402. The lowest BCUT2D eigenvalue weighted by molar-refractivity contribution is 0.103. The minimum absolute atomic E-state index is 0.0558. The van der Waals surface area contributed by atoms with Crippen LogP contribution >= 0.6 is 0 Å². The highest BCUT2D eigenvalue weighted by Crippen LogP contribution is 2.29. The lowest BCUT2D eigenvalue weighted by Crippen LogP contribution is -2.27. The van der Waals surface area contributed by atoms with E-state index in [4.69, 9.17) is 14.2 Å². The van der Waals surface area contributed by atoms with Crippen molar-refractivity contribution < 1.29 is 24.1 Å². The van der Waals surface area contributed by atoms with Gasteiger partial charge in [-0.25, -0.2) is 0 Å². The van der Waals surface area contributed by atoms with Crippen molar-refractivity contribution in [3.05, 3.63) is 80.6 Å². The van der Waals surface area contributed by atoms with Crippen molar-refractivity contribution in [2.24, 2.45) is 0 Å². The van der Waals surface area contributed by atoms with Crippen molar-refractivity contribution in [3.63, 3.8) is 0 Å². The molecule has 2 aromatic carbocycles. The Morgan fingerprint density at radius 1 is 1.03 bits per heavy atom. The third-order valence-electron chi connectivity index (χ3n) is 6.48. The van der Waals surface area contributed by atoms with E-state index in [2.05, 4.69) is 6.92 Å². The van der Waals surface area contributed by atoms with Crippen LogP contribution in [0, 0.1) is 18.3 Å². The second-order valence-corrected chi connectivity index (χ2v) is 8.97. The molecule has 1 heterocycles. The van der Waals surface area contributed by atoms with Gasteiger partial charge in [0.25, 0.3) is 5.56 Å². The van der Waals surface area contributed by atoms with Crippen LogP contribution in [0.25, 0.3) is 0 Å². The first-order valence-electron chi connectivity index (χ1n) is 12.7. The van der Waals surface area contributed by atoms with Crippen LogP contribution in [-0.4, -0.2) is 36.3 Å². The van der Waals surface area contributed by atoms with Gasteiger partial charge >= 0.3 is 0 Å². The number of pyridine rings is 1. The Hall–Kier alpha value is -4.25. The molecule has 0 saturated heterocycles. The van der Waals surface area contributed by atoms with Gasteiger partial charge in [0.1, 0.15) is 17.4 Å². The Balaban J connectivity index is 1.87. The van der Waals surface area contributed by atoms with E-state index in [-0.39, 0.29) is 23.2 Å². The average molecular weight is 519 g/mol. The van der Waals surface area contributed by atoms with Gasteiger partial charge in [-0.2, -0.15) is 5.26 Å². The fraction of sp³-hybridized carbons (Fsp3) is 0.367. The Morgan fingerprint density at radius 3 is 2.37 bits per heavy atom. The van der Waals surface area contributed by atoms with Gasteiger partial charge < -0.3 is 19.3 Å². The van der Waals surface area contributed by atoms with Crippen molar-refractivity contribution in [3.8, 4) is 29.2 Å². The maximum atomic E-state index is 13.4. The number of benzene rings is 2. The van der Waals surface area contributed by atoms with E-state index in [9.17, 15) is 20.0 Å². The molecule has 0 radical (unpaired) electrons. The van der Waals surface area contributed by atoms with Gasteiger partial charge in [-0.1, -0.05) is 32.3 Å². The predicted molar refractivity (Wildman–Crippen MR) is 145 cm³/mol. The Kier molecular flexibility index (Phi) is 9.94. The monoisotopic (exact) mass is 518 g/mol.